The van der Waals surface area contributed by atoms with Crippen molar-refractivity contribution in [1.29, 1.82) is 0 Å². The first-order valence-electron chi connectivity index (χ1n) is 8.34. The Hall–Kier alpha value is -1.40. The van der Waals surface area contributed by atoms with Crippen molar-refractivity contribution >= 4 is 11.8 Å². The summed E-state index contributed by atoms with van der Waals surface area (Å²) in [5, 5.41) is 12.7. The van der Waals surface area contributed by atoms with E-state index in [2.05, 4.69) is 27.1 Å². The van der Waals surface area contributed by atoms with Crippen LogP contribution in [0.5, 0.6) is 0 Å². The van der Waals surface area contributed by atoms with Gasteiger partial charge in [-0.3, -0.25) is 0 Å². The maximum Gasteiger partial charge on any atom is 0.222 e. The number of nitrogens with one attached hydrogen (secondary N) is 1. The average molecular weight is 307 g/mol. The Kier molecular flexibility index (Phi) is 6.39. The molecule has 0 aromatic carbocycles. The molecule has 1 fully saturated rings. The van der Waals surface area contributed by atoms with Crippen molar-refractivity contribution in [1.82, 2.24) is 14.9 Å². The normalized spacial score (nSPS) is 19.3. The van der Waals surface area contributed by atoms with Crippen LogP contribution in [0.1, 0.15) is 37.4 Å². The van der Waals surface area contributed by atoms with Crippen molar-refractivity contribution < 1.29 is 5.11 Å². The molecule has 6 nitrogen and oxygen atoms in total. The third kappa shape index (κ3) is 4.55. The van der Waals surface area contributed by atoms with E-state index in [0.29, 0.717) is 18.5 Å². The molecule has 1 saturated heterocycles. The number of anilines is 2. The summed E-state index contributed by atoms with van der Waals surface area (Å²) in [4.78, 5) is 11.0. The lowest BCUT2D eigenvalue weighted by Crippen LogP contribution is -2.37. The molecule has 0 saturated carbocycles. The number of hydrogen-bond acceptors (Lipinski definition) is 6. The van der Waals surface area contributed by atoms with Gasteiger partial charge in [0, 0.05) is 31.0 Å². The van der Waals surface area contributed by atoms with Gasteiger partial charge in [-0.25, -0.2) is 4.98 Å². The Balaban J connectivity index is 1.79. The van der Waals surface area contributed by atoms with Gasteiger partial charge in [-0.15, -0.1) is 0 Å². The highest BCUT2D eigenvalue weighted by Gasteiger charge is 2.18. The quantitative estimate of drug-likeness (QED) is 0.661. The van der Waals surface area contributed by atoms with Gasteiger partial charge in [0.05, 0.1) is 0 Å². The molecular weight excluding hydrogens is 278 g/mol. The molecule has 22 heavy (non-hydrogen) atoms. The second-order valence-electron chi connectivity index (χ2n) is 6.12. The van der Waals surface area contributed by atoms with Crippen LogP contribution in [0.3, 0.4) is 0 Å². The Morgan fingerprint density at radius 1 is 1.41 bits per heavy atom. The maximum absolute atomic E-state index is 9.27. The van der Waals surface area contributed by atoms with Crippen LogP contribution in [0.2, 0.25) is 0 Å². The van der Waals surface area contributed by atoms with Gasteiger partial charge < -0.3 is 21.1 Å². The highest BCUT2D eigenvalue weighted by Crippen LogP contribution is 2.18. The third-order valence-electron chi connectivity index (χ3n) is 4.39. The molecule has 0 unspecified atom stereocenters. The Morgan fingerprint density at radius 2 is 2.23 bits per heavy atom. The molecule has 1 aliphatic rings. The van der Waals surface area contributed by atoms with Crippen LogP contribution in [0.25, 0.3) is 0 Å². The summed E-state index contributed by atoms with van der Waals surface area (Å²) in [5.74, 6) is 1.66. The number of likely N-dealkylation sites (tertiary alicyclic amines) is 1. The van der Waals surface area contributed by atoms with E-state index >= 15 is 0 Å². The highest BCUT2D eigenvalue weighted by atomic mass is 16.3. The molecule has 6 heteroatoms. The summed E-state index contributed by atoms with van der Waals surface area (Å²) in [6.45, 7) is 8.51. The fourth-order valence-electron chi connectivity index (χ4n) is 3.20. The van der Waals surface area contributed by atoms with Gasteiger partial charge in [-0.2, -0.15) is 4.98 Å². The summed E-state index contributed by atoms with van der Waals surface area (Å²) in [6.07, 6.45) is 4.31. The van der Waals surface area contributed by atoms with E-state index in [1.807, 2.05) is 6.92 Å². The van der Waals surface area contributed by atoms with Crippen molar-refractivity contribution in [2.24, 2.45) is 5.92 Å². The minimum absolute atomic E-state index is 0.314. The van der Waals surface area contributed by atoms with E-state index in [-0.39, 0.29) is 0 Å². The molecule has 0 bridgehead atoms. The van der Waals surface area contributed by atoms with E-state index < -0.39 is 0 Å². The summed E-state index contributed by atoms with van der Waals surface area (Å²) >= 11 is 0. The van der Waals surface area contributed by atoms with Gasteiger partial charge in [0.1, 0.15) is 5.82 Å². The van der Waals surface area contributed by atoms with E-state index in [0.717, 1.165) is 62.5 Å². The minimum Gasteiger partial charge on any atom is -0.396 e. The number of aliphatic hydroxyl groups excluding tert-OH is 1. The van der Waals surface area contributed by atoms with Gasteiger partial charge in [-0.1, -0.05) is 6.92 Å². The minimum atomic E-state index is 0.314. The van der Waals surface area contributed by atoms with Crippen LogP contribution in [-0.2, 0) is 6.42 Å². The average Bonchev–Trinajstić information content (AvgIpc) is 2.51. The van der Waals surface area contributed by atoms with Crippen LogP contribution >= 0.6 is 0 Å². The third-order valence-corrected chi connectivity index (χ3v) is 4.39. The van der Waals surface area contributed by atoms with Gasteiger partial charge in [0.15, 0.2) is 0 Å². The van der Waals surface area contributed by atoms with Crippen molar-refractivity contribution in [2.45, 2.75) is 39.5 Å². The molecule has 0 spiro atoms. The molecule has 0 amide bonds. The molecule has 2 heterocycles. The van der Waals surface area contributed by atoms with Crippen molar-refractivity contribution in [3.8, 4) is 0 Å². The first-order chi connectivity index (χ1) is 10.6. The number of rotatable bonds is 7. The van der Waals surface area contributed by atoms with E-state index in [1.165, 1.54) is 6.42 Å². The lowest BCUT2D eigenvalue weighted by atomic mass is 9.99. The summed E-state index contributed by atoms with van der Waals surface area (Å²) in [6, 6.07) is 0. The molecule has 1 aliphatic heterocycles. The van der Waals surface area contributed by atoms with Crippen molar-refractivity contribution in [2.75, 3.05) is 43.8 Å². The fourth-order valence-corrected chi connectivity index (χ4v) is 3.20. The topological polar surface area (TPSA) is 87.3 Å². The van der Waals surface area contributed by atoms with E-state index in [1.54, 1.807) is 0 Å². The number of aromatic nitrogens is 2. The highest BCUT2D eigenvalue weighted by molar-refractivity contribution is 5.49. The lowest BCUT2D eigenvalue weighted by molar-refractivity contribution is 0.120. The van der Waals surface area contributed by atoms with Crippen LogP contribution < -0.4 is 11.1 Å². The van der Waals surface area contributed by atoms with Crippen LogP contribution in [0, 0.1) is 12.8 Å². The number of aliphatic hydroxyl groups is 1. The molecular formula is C16H29N5O. The van der Waals surface area contributed by atoms with Crippen LogP contribution in [0.15, 0.2) is 0 Å². The van der Waals surface area contributed by atoms with Crippen molar-refractivity contribution in [3.05, 3.63) is 11.3 Å². The number of nitrogens with two attached hydrogens (primary N) is 1. The second kappa shape index (κ2) is 8.29. The lowest BCUT2D eigenvalue weighted by Gasteiger charge is -2.31. The number of piperidine rings is 1. The Morgan fingerprint density at radius 3 is 2.95 bits per heavy atom. The maximum atomic E-state index is 9.27. The number of hydrogen-bond donors (Lipinski definition) is 3. The number of aryl methyl sites for hydroxylation is 1. The monoisotopic (exact) mass is 307 g/mol. The predicted octanol–water partition coefficient (Wildman–Crippen LogP) is 1.44. The smallest absolute Gasteiger partial charge is 0.222 e. The zero-order chi connectivity index (χ0) is 15.9. The Labute approximate surface area is 133 Å². The van der Waals surface area contributed by atoms with Crippen LogP contribution in [0.4, 0.5) is 11.8 Å². The molecule has 1 atom stereocenters. The number of nitrogen functional groups attached to an aromatic ring is 1. The second-order valence-corrected chi connectivity index (χ2v) is 6.12. The summed E-state index contributed by atoms with van der Waals surface area (Å²) < 4.78 is 0. The fraction of sp³-hybridized carbons (Fsp3) is 0.750. The van der Waals surface area contributed by atoms with E-state index in [9.17, 15) is 5.11 Å². The molecule has 124 valence electrons. The molecule has 2 rings (SSSR count). The zero-order valence-electron chi connectivity index (χ0n) is 13.8. The number of nitrogens with zero attached hydrogens (tertiary/aromatic N) is 3. The zero-order valence-corrected chi connectivity index (χ0v) is 13.8. The first-order valence-corrected chi connectivity index (χ1v) is 8.34. The first kappa shape index (κ1) is 17.0. The predicted molar refractivity (Wildman–Crippen MR) is 89.9 cm³/mol. The van der Waals surface area contributed by atoms with Crippen molar-refractivity contribution in [3.63, 3.8) is 0 Å². The van der Waals surface area contributed by atoms with Gasteiger partial charge >= 0.3 is 0 Å². The standard InChI is InChI=1S/C16H29N5O/c1-3-14-12(2)19-16(17)20-15(14)18-7-5-9-21-8-4-6-13(10-21)11-22/h13,22H,3-11H2,1-2H3,(H3,17,18,19,20)/t13-/m0/s1. The summed E-state index contributed by atoms with van der Waals surface area (Å²) in [7, 11) is 0. The SMILES string of the molecule is CCc1c(C)nc(N)nc1NCCCN1CCC[C@H](CO)C1. The van der Waals surface area contributed by atoms with Gasteiger partial charge in [0.2, 0.25) is 5.95 Å². The van der Waals surface area contributed by atoms with Gasteiger partial charge in [0.25, 0.3) is 0 Å². The molecule has 1 aromatic heterocycles. The largest absolute Gasteiger partial charge is 0.396 e. The van der Waals surface area contributed by atoms with Crippen LogP contribution in [-0.4, -0.2) is 52.8 Å². The molecule has 0 radical (unpaired) electrons. The molecule has 0 aliphatic carbocycles. The summed E-state index contributed by atoms with van der Waals surface area (Å²) in [5.41, 5.74) is 7.84. The van der Waals surface area contributed by atoms with E-state index in [4.69, 9.17) is 5.73 Å². The van der Waals surface area contributed by atoms with Gasteiger partial charge in [-0.05, 0) is 51.6 Å². The molecule has 1 aromatic rings. The molecule has 4 N–H and O–H groups in total. The Bertz CT molecular complexity index is 480.